The van der Waals surface area contributed by atoms with Gasteiger partial charge in [0, 0.05) is 39.7 Å². The van der Waals surface area contributed by atoms with E-state index >= 15 is 0 Å². The first-order valence-corrected chi connectivity index (χ1v) is 10.9. The molecule has 0 unspecified atom stereocenters. The summed E-state index contributed by atoms with van der Waals surface area (Å²) in [6.45, 7) is 4.91. The molecular formula is C21H38ClN3O3. The number of amides is 2. The maximum Gasteiger partial charge on any atom is 0.231 e. The Bertz CT molecular complexity index is 492. The minimum atomic E-state index is -0.382. The summed E-state index contributed by atoms with van der Waals surface area (Å²) in [7, 11) is 1.68. The van der Waals surface area contributed by atoms with Crippen LogP contribution in [0.25, 0.3) is 0 Å². The molecule has 0 aromatic rings. The van der Waals surface area contributed by atoms with Gasteiger partial charge in [-0.1, -0.05) is 32.1 Å². The van der Waals surface area contributed by atoms with Gasteiger partial charge in [0.2, 0.25) is 11.8 Å². The van der Waals surface area contributed by atoms with Crippen LogP contribution in [0.5, 0.6) is 0 Å². The Morgan fingerprint density at radius 1 is 1.00 bits per heavy atom. The van der Waals surface area contributed by atoms with Crippen molar-refractivity contribution in [1.29, 1.82) is 0 Å². The molecule has 1 N–H and O–H groups in total. The van der Waals surface area contributed by atoms with Crippen LogP contribution in [0.2, 0.25) is 0 Å². The quantitative estimate of drug-likeness (QED) is 0.723. The van der Waals surface area contributed by atoms with E-state index in [2.05, 4.69) is 5.32 Å². The Kier molecular flexibility index (Phi) is 9.51. The maximum absolute atomic E-state index is 13.2. The number of hydrogen-bond acceptors (Lipinski definition) is 4. The lowest BCUT2D eigenvalue weighted by atomic mass is 9.78. The van der Waals surface area contributed by atoms with Gasteiger partial charge in [-0.3, -0.25) is 9.59 Å². The molecule has 1 aliphatic carbocycles. The zero-order valence-electron chi connectivity index (χ0n) is 17.4. The molecule has 6 nitrogen and oxygen atoms in total. The van der Waals surface area contributed by atoms with Crippen LogP contribution in [0.3, 0.4) is 0 Å². The number of piperidine rings is 1. The van der Waals surface area contributed by atoms with Crippen molar-refractivity contribution in [2.24, 2.45) is 11.3 Å². The van der Waals surface area contributed by atoms with E-state index in [9.17, 15) is 9.59 Å². The molecule has 0 radical (unpaired) electrons. The van der Waals surface area contributed by atoms with E-state index in [1.165, 1.54) is 32.1 Å². The van der Waals surface area contributed by atoms with Gasteiger partial charge in [-0.15, -0.1) is 12.4 Å². The molecule has 0 bridgehead atoms. The van der Waals surface area contributed by atoms with Gasteiger partial charge in [-0.2, -0.15) is 0 Å². The summed E-state index contributed by atoms with van der Waals surface area (Å²) < 4.78 is 5.41. The van der Waals surface area contributed by atoms with Gasteiger partial charge in [-0.25, -0.2) is 0 Å². The first-order valence-electron chi connectivity index (χ1n) is 10.9. The molecule has 0 spiro atoms. The van der Waals surface area contributed by atoms with Crippen LogP contribution in [0, 0.1) is 11.3 Å². The molecule has 0 aromatic heterocycles. The normalized spacial score (nSPS) is 23.2. The predicted octanol–water partition coefficient (Wildman–Crippen LogP) is 2.46. The van der Waals surface area contributed by atoms with Crippen LogP contribution in [0.4, 0.5) is 0 Å². The van der Waals surface area contributed by atoms with Crippen LogP contribution < -0.4 is 5.32 Å². The van der Waals surface area contributed by atoms with Gasteiger partial charge in [0.25, 0.3) is 0 Å². The highest BCUT2D eigenvalue weighted by Crippen LogP contribution is 2.32. The number of methoxy groups -OCH3 is 1. The molecule has 1 saturated carbocycles. The van der Waals surface area contributed by atoms with E-state index in [-0.39, 0.29) is 29.6 Å². The summed E-state index contributed by atoms with van der Waals surface area (Å²) in [5.74, 6) is 1.25. The molecule has 0 aromatic carbocycles. The van der Waals surface area contributed by atoms with E-state index in [1.807, 2.05) is 9.80 Å². The van der Waals surface area contributed by atoms with Gasteiger partial charge in [0.1, 0.15) is 0 Å². The largest absolute Gasteiger partial charge is 0.384 e. The Morgan fingerprint density at radius 2 is 1.61 bits per heavy atom. The lowest BCUT2D eigenvalue weighted by Crippen LogP contribution is -2.57. The van der Waals surface area contributed by atoms with E-state index in [0.29, 0.717) is 39.2 Å². The SMILES string of the molecule is COCC1(C(=O)N2CCN(C(=O)CCC3CCCCC3)CC2)CCNCC1.Cl. The minimum absolute atomic E-state index is 0. The molecule has 2 heterocycles. The Morgan fingerprint density at radius 3 is 2.21 bits per heavy atom. The van der Waals surface area contributed by atoms with E-state index < -0.39 is 0 Å². The summed E-state index contributed by atoms with van der Waals surface area (Å²) in [6.07, 6.45) is 10.0. The highest BCUT2D eigenvalue weighted by molar-refractivity contribution is 5.85. The van der Waals surface area contributed by atoms with Crippen LogP contribution in [-0.2, 0) is 14.3 Å². The molecule has 3 fully saturated rings. The van der Waals surface area contributed by atoms with Crippen LogP contribution >= 0.6 is 12.4 Å². The Balaban J connectivity index is 0.00000280. The van der Waals surface area contributed by atoms with Gasteiger partial charge >= 0.3 is 0 Å². The minimum Gasteiger partial charge on any atom is -0.384 e. The number of carbonyl (C=O) groups excluding carboxylic acids is 2. The Labute approximate surface area is 176 Å². The molecule has 3 rings (SSSR count). The number of piperazine rings is 1. The monoisotopic (exact) mass is 415 g/mol. The smallest absolute Gasteiger partial charge is 0.231 e. The molecule has 2 amide bonds. The fraction of sp³-hybridized carbons (Fsp3) is 0.905. The predicted molar refractivity (Wildman–Crippen MR) is 113 cm³/mol. The molecule has 162 valence electrons. The third-order valence-electron chi connectivity index (χ3n) is 6.85. The molecule has 2 aliphatic heterocycles. The highest BCUT2D eigenvalue weighted by Gasteiger charge is 2.43. The van der Waals surface area contributed by atoms with Crippen molar-refractivity contribution in [3.05, 3.63) is 0 Å². The van der Waals surface area contributed by atoms with Gasteiger partial charge < -0.3 is 19.9 Å². The second kappa shape index (κ2) is 11.4. The number of rotatable bonds is 6. The topological polar surface area (TPSA) is 61.9 Å². The average Bonchev–Trinajstić information content (AvgIpc) is 2.73. The first-order chi connectivity index (χ1) is 13.1. The van der Waals surface area contributed by atoms with E-state index in [0.717, 1.165) is 38.3 Å². The second-order valence-electron chi connectivity index (χ2n) is 8.68. The number of halogens is 1. The molecule has 3 aliphatic rings. The van der Waals surface area contributed by atoms with Crippen LogP contribution in [0.15, 0.2) is 0 Å². The molecular weight excluding hydrogens is 378 g/mol. The van der Waals surface area contributed by atoms with Crippen molar-refractivity contribution >= 4 is 24.2 Å². The first kappa shape index (κ1) is 23.4. The fourth-order valence-corrected chi connectivity index (χ4v) is 5.06. The molecule has 7 heteroatoms. The molecule has 2 saturated heterocycles. The number of hydrogen-bond donors (Lipinski definition) is 1. The summed E-state index contributed by atoms with van der Waals surface area (Å²) in [5.41, 5.74) is -0.382. The number of carbonyl (C=O) groups is 2. The Hall–Kier alpha value is -0.850. The van der Waals surface area contributed by atoms with Gasteiger partial charge in [0.15, 0.2) is 0 Å². The zero-order valence-corrected chi connectivity index (χ0v) is 18.2. The lowest BCUT2D eigenvalue weighted by molar-refractivity contribution is -0.151. The van der Waals surface area contributed by atoms with Crippen molar-refractivity contribution in [3.8, 4) is 0 Å². The van der Waals surface area contributed by atoms with Crippen molar-refractivity contribution < 1.29 is 14.3 Å². The van der Waals surface area contributed by atoms with E-state index in [1.54, 1.807) is 7.11 Å². The average molecular weight is 416 g/mol. The summed E-state index contributed by atoms with van der Waals surface area (Å²) in [6, 6.07) is 0. The van der Waals surface area contributed by atoms with Crippen LogP contribution in [-0.4, -0.2) is 74.6 Å². The number of nitrogens with zero attached hydrogens (tertiary/aromatic N) is 2. The van der Waals surface area contributed by atoms with Crippen molar-refractivity contribution in [3.63, 3.8) is 0 Å². The third-order valence-corrected chi connectivity index (χ3v) is 6.85. The fourth-order valence-electron chi connectivity index (χ4n) is 5.06. The van der Waals surface area contributed by atoms with Gasteiger partial charge in [0.05, 0.1) is 12.0 Å². The lowest BCUT2D eigenvalue weighted by Gasteiger charge is -2.42. The van der Waals surface area contributed by atoms with Crippen molar-refractivity contribution in [2.75, 3.05) is 53.0 Å². The number of ether oxygens (including phenoxy) is 1. The standard InChI is InChI=1S/C21H37N3O3.ClH/c1-27-17-21(9-11-22-12-10-21)20(26)24-15-13-23(14-16-24)19(25)8-7-18-5-3-2-4-6-18;/h18,22H,2-17H2,1H3;1H. The summed E-state index contributed by atoms with van der Waals surface area (Å²) >= 11 is 0. The zero-order chi connectivity index (χ0) is 19.1. The van der Waals surface area contributed by atoms with Crippen molar-refractivity contribution in [2.45, 2.75) is 57.8 Å². The maximum atomic E-state index is 13.2. The highest BCUT2D eigenvalue weighted by atomic mass is 35.5. The third kappa shape index (κ3) is 5.83. The summed E-state index contributed by atoms with van der Waals surface area (Å²) in [5, 5.41) is 3.34. The van der Waals surface area contributed by atoms with Crippen molar-refractivity contribution in [1.82, 2.24) is 15.1 Å². The molecule has 0 atom stereocenters. The summed E-state index contributed by atoms with van der Waals surface area (Å²) in [4.78, 5) is 29.7. The second-order valence-corrected chi connectivity index (χ2v) is 8.68. The van der Waals surface area contributed by atoms with E-state index in [4.69, 9.17) is 4.74 Å². The van der Waals surface area contributed by atoms with Crippen LogP contribution in [0.1, 0.15) is 57.8 Å². The molecule has 28 heavy (non-hydrogen) atoms. The number of nitrogens with one attached hydrogen (secondary N) is 1. The van der Waals surface area contributed by atoms with Gasteiger partial charge in [-0.05, 0) is 38.3 Å².